The fraction of sp³-hybridized carbons (Fsp3) is 0.364. The van der Waals surface area contributed by atoms with E-state index in [4.69, 9.17) is 4.74 Å². The Hall–Kier alpha value is -2.90. The molecule has 0 spiro atoms. The second kappa shape index (κ2) is 11.8. The third-order valence-electron chi connectivity index (χ3n) is 4.30. The van der Waals surface area contributed by atoms with Crippen LogP contribution in [0.25, 0.3) is 0 Å². The summed E-state index contributed by atoms with van der Waals surface area (Å²) in [6.45, 7) is 1.81. The number of carbonyl (C=O) groups is 2. The van der Waals surface area contributed by atoms with Crippen molar-refractivity contribution in [2.75, 3.05) is 20.3 Å². The summed E-state index contributed by atoms with van der Waals surface area (Å²) in [7, 11) is 1.27. The van der Waals surface area contributed by atoms with E-state index in [9.17, 15) is 14.7 Å². The van der Waals surface area contributed by atoms with Gasteiger partial charge in [-0.15, -0.1) is 0 Å². The van der Waals surface area contributed by atoms with E-state index >= 15 is 0 Å². The number of amides is 1. The highest BCUT2D eigenvalue weighted by Gasteiger charge is 2.24. The molecule has 7 heteroatoms. The van der Waals surface area contributed by atoms with Gasteiger partial charge >= 0.3 is 5.97 Å². The summed E-state index contributed by atoms with van der Waals surface area (Å²) in [6.07, 6.45) is -0.397. The number of aliphatic hydroxyl groups is 1. The SMILES string of the molecule is COC(=O)[C@H](C)NC(=O)[C@H](Cc1ccccc1)NCC(O)COc1ccccc1. The van der Waals surface area contributed by atoms with Crippen LogP contribution < -0.4 is 15.4 Å². The minimum Gasteiger partial charge on any atom is -0.491 e. The third kappa shape index (κ3) is 7.93. The Bertz CT molecular complexity index is 754. The Morgan fingerprint density at radius 3 is 2.28 bits per heavy atom. The van der Waals surface area contributed by atoms with Gasteiger partial charge < -0.3 is 25.2 Å². The maximum Gasteiger partial charge on any atom is 0.328 e. The fourth-order valence-corrected chi connectivity index (χ4v) is 2.70. The molecule has 0 fully saturated rings. The van der Waals surface area contributed by atoms with E-state index in [1.165, 1.54) is 7.11 Å². The van der Waals surface area contributed by atoms with E-state index < -0.39 is 24.2 Å². The van der Waals surface area contributed by atoms with Gasteiger partial charge in [-0.05, 0) is 31.0 Å². The number of rotatable bonds is 11. The predicted octanol–water partition coefficient (Wildman–Crippen LogP) is 1.30. The van der Waals surface area contributed by atoms with E-state index in [1.807, 2.05) is 48.5 Å². The zero-order valence-corrected chi connectivity index (χ0v) is 16.7. The molecule has 0 saturated heterocycles. The first-order valence-corrected chi connectivity index (χ1v) is 9.51. The molecule has 0 aliphatic heterocycles. The number of aliphatic hydroxyl groups excluding tert-OH is 1. The summed E-state index contributed by atoms with van der Waals surface area (Å²) in [5.41, 5.74) is 0.959. The van der Waals surface area contributed by atoms with Crippen molar-refractivity contribution in [3.05, 3.63) is 66.2 Å². The molecule has 0 aliphatic carbocycles. The van der Waals surface area contributed by atoms with Gasteiger partial charge in [0.2, 0.25) is 5.91 Å². The first-order chi connectivity index (χ1) is 14.0. The second-order valence-electron chi connectivity index (χ2n) is 6.68. The number of esters is 1. The van der Waals surface area contributed by atoms with Crippen LogP contribution in [0.3, 0.4) is 0 Å². The first-order valence-electron chi connectivity index (χ1n) is 9.51. The molecule has 29 heavy (non-hydrogen) atoms. The van der Waals surface area contributed by atoms with E-state index in [0.29, 0.717) is 12.2 Å². The number of ether oxygens (including phenoxy) is 2. The number of hydrogen-bond donors (Lipinski definition) is 3. The number of benzene rings is 2. The van der Waals surface area contributed by atoms with Crippen LogP contribution >= 0.6 is 0 Å². The minimum atomic E-state index is -0.806. The van der Waals surface area contributed by atoms with Crippen LogP contribution in [0.5, 0.6) is 5.75 Å². The molecule has 2 rings (SSSR count). The molecule has 1 unspecified atom stereocenters. The van der Waals surface area contributed by atoms with Gasteiger partial charge in [-0.25, -0.2) is 4.79 Å². The van der Waals surface area contributed by atoms with Crippen molar-refractivity contribution in [2.45, 2.75) is 31.5 Å². The molecule has 1 amide bonds. The summed E-state index contributed by atoms with van der Waals surface area (Å²) < 4.78 is 10.2. The number of para-hydroxylation sites is 1. The molecular weight excluding hydrogens is 372 g/mol. The first kappa shape index (κ1) is 22.4. The van der Waals surface area contributed by atoms with E-state index in [2.05, 4.69) is 15.4 Å². The summed E-state index contributed by atoms with van der Waals surface area (Å²) in [5, 5.41) is 15.9. The largest absolute Gasteiger partial charge is 0.491 e. The van der Waals surface area contributed by atoms with Crippen molar-refractivity contribution in [2.24, 2.45) is 0 Å². The normalized spacial score (nSPS) is 13.8. The Morgan fingerprint density at radius 2 is 1.66 bits per heavy atom. The quantitative estimate of drug-likeness (QED) is 0.492. The Labute approximate surface area is 171 Å². The van der Waals surface area contributed by atoms with E-state index in [1.54, 1.807) is 19.1 Å². The lowest BCUT2D eigenvalue weighted by atomic mass is 10.0. The molecule has 3 N–H and O–H groups in total. The lowest BCUT2D eigenvalue weighted by Crippen LogP contribution is -2.52. The molecule has 3 atom stereocenters. The van der Waals surface area contributed by atoms with Gasteiger partial charge in [-0.1, -0.05) is 48.5 Å². The second-order valence-corrected chi connectivity index (χ2v) is 6.68. The zero-order chi connectivity index (χ0) is 21.1. The van der Waals surface area contributed by atoms with Gasteiger partial charge in [0.1, 0.15) is 24.5 Å². The van der Waals surface area contributed by atoms with Crippen molar-refractivity contribution in [3.8, 4) is 5.75 Å². The maximum atomic E-state index is 12.7. The summed E-state index contributed by atoms with van der Waals surface area (Å²) in [4.78, 5) is 24.3. The molecule has 2 aromatic rings. The number of methoxy groups -OCH3 is 1. The van der Waals surface area contributed by atoms with E-state index in [-0.39, 0.29) is 19.1 Å². The van der Waals surface area contributed by atoms with Crippen molar-refractivity contribution < 1.29 is 24.2 Å². The number of nitrogens with one attached hydrogen (secondary N) is 2. The molecule has 0 bridgehead atoms. The number of hydrogen-bond acceptors (Lipinski definition) is 6. The van der Waals surface area contributed by atoms with Gasteiger partial charge in [-0.2, -0.15) is 0 Å². The summed E-state index contributed by atoms with van der Waals surface area (Å²) in [6, 6.07) is 17.3. The average Bonchev–Trinajstić information content (AvgIpc) is 2.75. The maximum absolute atomic E-state index is 12.7. The summed E-state index contributed by atoms with van der Waals surface area (Å²) >= 11 is 0. The Kier molecular flexibility index (Phi) is 9.14. The molecule has 0 radical (unpaired) electrons. The van der Waals surface area contributed by atoms with Crippen LogP contribution in [0.2, 0.25) is 0 Å². The number of carbonyl (C=O) groups excluding carboxylic acids is 2. The molecule has 0 heterocycles. The van der Waals surface area contributed by atoms with Gasteiger partial charge in [0, 0.05) is 6.54 Å². The smallest absolute Gasteiger partial charge is 0.328 e. The van der Waals surface area contributed by atoms with Crippen LogP contribution in [-0.4, -0.2) is 55.4 Å². The molecule has 7 nitrogen and oxygen atoms in total. The highest BCUT2D eigenvalue weighted by molar-refractivity contribution is 5.87. The van der Waals surface area contributed by atoms with Crippen LogP contribution in [-0.2, 0) is 20.7 Å². The van der Waals surface area contributed by atoms with Gasteiger partial charge in [0.05, 0.1) is 13.2 Å². The highest BCUT2D eigenvalue weighted by Crippen LogP contribution is 2.09. The van der Waals surface area contributed by atoms with Crippen molar-refractivity contribution >= 4 is 11.9 Å². The van der Waals surface area contributed by atoms with Crippen LogP contribution in [0.15, 0.2) is 60.7 Å². The van der Waals surface area contributed by atoms with Crippen molar-refractivity contribution in [3.63, 3.8) is 0 Å². The molecule has 0 saturated carbocycles. The average molecular weight is 400 g/mol. The minimum absolute atomic E-state index is 0.0925. The van der Waals surface area contributed by atoms with Gasteiger partial charge in [0.25, 0.3) is 0 Å². The van der Waals surface area contributed by atoms with Gasteiger partial charge in [-0.3, -0.25) is 4.79 Å². The third-order valence-corrected chi connectivity index (χ3v) is 4.30. The summed E-state index contributed by atoms with van der Waals surface area (Å²) in [5.74, 6) is -0.201. The molecule has 0 aliphatic rings. The monoisotopic (exact) mass is 400 g/mol. The zero-order valence-electron chi connectivity index (χ0n) is 16.7. The standard InChI is InChI=1S/C22H28N2O5/c1-16(22(27)28-2)24-21(26)20(13-17-9-5-3-6-10-17)23-14-18(25)15-29-19-11-7-4-8-12-19/h3-12,16,18,20,23,25H,13-15H2,1-2H3,(H,24,26)/t16-,18?,20-/m0/s1. The predicted molar refractivity (Wildman–Crippen MR) is 110 cm³/mol. The van der Waals surface area contributed by atoms with E-state index in [0.717, 1.165) is 5.56 Å². The van der Waals surface area contributed by atoms with Gasteiger partial charge in [0.15, 0.2) is 0 Å². The molecule has 0 aromatic heterocycles. The Balaban J connectivity index is 1.93. The van der Waals surface area contributed by atoms with Crippen molar-refractivity contribution in [1.82, 2.24) is 10.6 Å². The van der Waals surface area contributed by atoms with Crippen LogP contribution in [0.4, 0.5) is 0 Å². The van der Waals surface area contributed by atoms with Crippen LogP contribution in [0, 0.1) is 0 Å². The molecule has 2 aromatic carbocycles. The molecular formula is C22H28N2O5. The van der Waals surface area contributed by atoms with Crippen LogP contribution in [0.1, 0.15) is 12.5 Å². The lowest BCUT2D eigenvalue weighted by molar-refractivity contribution is -0.144. The van der Waals surface area contributed by atoms with Crippen molar-refractivity contribution in [1.29, 1.82) is 0 Å². The fourth-order valence-electron chi connectivity index (χ4n) is 2.70. The Morgan fingerprint density at radius 1 is 1.03 bits per heavy atom. The highest BCUT2D eigenvalue weighted by atomic mass is 16.5. The topological polar surface area (TPSA) is 96.9 Å². The molecule has 156 valence electrons. The lowest BCUT2D eigenvalue weighted by Gasteiger charge is -2.22.